The number of terminal acetylenes is 1. The van der Waals surface area contributed by atoms with Crippen molar-refractivity contribution in [1.82, 2.24) is 4.98 Å². The van der Waals surface area contributed by atoms with Gasteiger partial charge in [0.2, 0.25) is 0 Å². The Labute approximate surface area is 81.1 Å². The van der Waals surface area contributed by atoms with Gasteiger partial charge >= 0.3 is 0 Å². The van der Waals surface area contributed by atoms with E-state index in [0.717, 1.165) is 11.3 Å². The van der Waals surface area contributed by atoms with E-state index in [4.69, 9.17) is 6.42 Å². The third kappa shape index (κ3) is 1.61. The van der Waals surface area contributed by atoms with Crippen molar-refractivity contribution in [3.05, 3.63) is 40.7 Å². The zero-order valence-corrected chi connectivity index (χ0v) is 7.71. The zero-order valence-electron chi connectivity index (χ0n) is 6.90. The first-order valence-electron chi connectivity index (χ1n) is 3.86. The maximum Gasteiger partial charge on any atom is 0.113 e. The Morgan fingerprint density at radius 3 is 2.92 bits per heavy atom. The molecule has 0 atom stereocenters. The number of pyridine rings is 1. The lowest BCUT2D eigenvalue weighted by Crippen LogP contribution is -1.84. The van der Waals surface area contributed by atoms with Gasteiger partial charge in [0.25, 0.3) is 0 Å². The minimum atomic E-state index is 0.684. The number of rotatable bonds is 1. The van der Waals surface area contributed by atoms with Crippen LogP contribution in [0.1, 0.15) is 5.69 Å². The Kier molecular flexibility index (Phi) is 2.11. The second-order valence-electron chi connectivity index (χ2n) is 2.56. The summed E-state index contributed by atoms with van der Waals surface area (Å²) in [4.78, 5) is 4.30. The van der Waals surface area contributed by atoms with E-state index in [1.54, 1.807) is 11.3 Å². The molecule has 0 aliphatic heterocycles. The fourth-order valence-corrected chi connectivity index (χ4v) is 1.74. The van der Waals surface area contributed by atoms with Gasteiger partial charge in [-0.3, -0.25) is 0 Å². The van der Waals surface area contributed by atoms with Crippen molar-refractivity contribution in [2.75, 3.05) is 0 Å². The summed E-state index contributed by atoms with van der Waals surface area (Å²) in [5.41, 5.74) is 2.75. The van der Waals surface area contributed by atoms with Crippen LogP contribution in [0.25, 0.3) is 11.3 Å². The largest absolute Gasteiger partial charge is 0.239 e. The van der Waals surface area contributed by atoms with Crippen molar-refractivity contribution < 1.29 is 0 Å². The van der Waals surface area contributed by atoms with Crippen molar-refractivity contribution in [2.45, 2.75) is 0 Å². The van der Waals surface area contributed by atoms with Crippen LogP contribution in [0.2, 0.25) is 0 Å². The summed E-state index contributed by atoms with van der Waals surface area (Å²) >= 11 is 1.66. The van der Waals surface area contributed by atoms with Gasteiger partial charge in [-0.25, -0.2) is 4.98 Å². The molecule has 0 N–H and O–H groups in total. The second kappa shape index (κ2) is 3.42. The predicted octanol–water partition coefficient (Wildman–Crippen LogP) is 2.79. The van der Waals surface area contributed by atoms with E-state index in [2.05, 4.69) is 16.3 Å². The van der Waals surface area contributed by atoms with E-state index in [9.17, 15) is 0 Å². The Bertz CT molecular complexity index is 437. The topological polar surface area (TPSA) is 12.9 Å². The summed E-state index contributed by atoms with van der Waals surface area (Å²) < 4.78 is 0. The molecule has 0 saturated carbocycles. The van der Waals surface area contributed by atoms with Crippen molar-refractivity contribution in [1.29, 1.82) is 0 Å². The molecule has 0 amide bonds. The van der Waals surface area contributed by atoms with E-state index in [1.165, 1.54) is 0 Å². The van der Waals surface area contributed by atoms with Crippen LogP contribution in [0.15, 0.2) is 35.0 Å². The molecule has 0 unspecified atom stereocenters. The first-order chi connectivity index (χ1) is 6.40. The lowest BCUT2D eigenvalue weighted by atomic mass is 10.2. The molecule has 0 fully saturated rings. The van der Waals surface area contributed by atoms with E-state index in [-0.39, 0.29) is 0 Å². The lowest BCUT2D eigenvalue weighted by molar-refractivity contribution is 1.29. The van der Waals surface area contributed by atoms with Gasteiger partial charge in [0.1, 0.15) is 5.69 Å². The summed E-state index contributed by atoms with van der Waals surface area (Å²) in [6, 6.07) is 7.75. The molecule has 0 aliphatic carbocycles. The molecule has 2 rings (SSSR count). The van der Waals surface area contributed by atoms with Crippen molar-refractivity contribution in [3.63, 3.8) is 0 Å². The molecular formula is C11H7NS. The molecule has 13 heavy (non-hydrogen) atoms. The summed E-state index contributed by atoms with van der Waals surface area (Å²) in [5.74, 6) is 2.52. The van der Waals surface area contributed by atoms with Crippen LogP contribution in [0.5, 0.6) is 0 Å². The normalized spacial score (nSPS) is 9.46. The summed E-state index contributed by atoms with van der Waals surface area (Å²) in [5, 5.41) is 4.09. The molecule has 0 radical (unpaired) electrons. The maximum absolute atomic E-state index is 5.26. The Hall–Kier alpha value is -1.59. The standard InChI is InChI=1S/C11H7NS/c1-2-10-4-3-5-11(12-10)9-6-7-13-8-9/h1,3-8H. The molecule has 0 bridgehead atoms. The first-order valence-corrected chi connectivity index (χ1v) is 4.80. The number of aromatic nitrogens is 1. The molecule has 62 valence electrons. The highest BCUT2D eigenvalue weighted by Crippen LogP contribution is 2.19. The van der Waals surface area contributed by atoms with Crippen LogP contribution < -0.4 is 0 Å². The average Bonchev–Trinajstić information content (AvgIpc) is 2.71. The quantitative estimate of drug-likeness (QED) is 0.622. The predicted molar refractivity (Wildman–Crippen MR) is 55.5 cm³/mol. The Morgan fingerprint density at radius 2 is 2.23 bits per heavy atom. The smallest absolute Gasteiger partial charge is 0.113 e. The van der Waals surface area contributed by atoms with Crippen LogP contribution in [-0.2, 0) is 0 Å². The second-order valence-corrected chi connectivity index (χ2v) is 3.34. The van der Waals surface area contributed by atoms with Crippen LogP contribution >= 0.6 is 11.3 Å². The van der Waals surface area contributed by atoms with Crippen LogP contribution in [-0.4, -0.2) is 4.98 Å². The Morgan fingerprint density at radius 1 is 1.31 bits per heavy atom. The zero-order chi connectivity index (χ0) is 9.10. The highest BCUT2D eigenvalue weighted by atomic mass is 32.1. The van der Waals surface area contributed by atoms with Crippen LogP contribution in [0.3, 0.4) is 0 Å². The minimum Gasteiger partial charge on any atom is -0.239 e. The van der Waals surface area contributed by atoms with E-state index < -0.39 is 0 Å². The average molecular weight is 185 g/mol. The molecule has 0 aliphatic rings. The van der Waals surface area contributed by atoms with Crippen LogP contribution in [0.4, 0.5) is 0 Å². The van der Waals surface area contributed by atoms with E-state index in [1.807, 2.05) is 29.6 Å². The molecule has 2 heteroatoms. The van der Waals surface area contributed by atoms with Gasteiger partial charge in [0.05, 0.1) is 5.69 Å². The van der Waals surface area contributed by atoms with Gasteiger partial charge in [-0.2, -0.15) is 11.3 Å². The molecule has 0 saturated heterocycles. The number of hydrogen-bond donors (Lipinski definition) is 0. The summed E-state index contributed by atoms with van der Waals surface area (Å²) in [6.07, 6.45) is 5.26. The molecule has 1 nitrogen and oxygen atoms in total. The fourth-order valence-electron chi connectivity index (χ4n) is 1.09. The van der Waals surface area contributed by atoms with E-state index in [0.29, 0.717) is 5.69 Å². The van der Waals surface area contributed by atoms with Gasteiger partial charge in [-0.15, -0.1) is 6.42 Å². The number of nitrogens with zero attached hydrogens (tertiary/aromatic N) is 1. The fraction of sp³-hybridized carbons (Fsp3) is 0. The van der Waals surface area contributed by atoms with Gasteiger partial charge in [-0.05, 0) is 23.6 Å². The maximum atomic E-state index is 5.26. The molecule has 2 aromatic rings. The van der Waals surface area contributed by atoms with Crippen molar-refractivity contribution in [3.8, 4) is 23.6 Å². The van der Waals surface area contributed by atoms with E-state index >= 15 is 0 Å². The van der Waals surface area contributed by atoms with Crippen molar-refractivity contribution in [2.24, 2.45) is 0 Å². The van der Waals surface area contributed by atoms with Crippen molar-refractivity contribution >= 4 is 11.3 Å². The Balaban J connectivity index is 2.49. The van der Waals surface area contributed by atoms with Gasteiger partial charge in [0, 0.05) is 10.9 Å². The third-order valence-electron chi connectivity index (χ3n) is 1.71. The number of thiophene rings is 1. The summed E-state index contributed by atoms with van der Waals surface area (Å²) in [7, 11) is 0. The molecule has 0 spiro atoms. The lowest BCUT2D eigenvalue weighted by Gasteiger charge is -1.96. The molecule has 0 aromatic carbocycles. The summed E-state index contributed by atoms with van der Waals surface area (Å²) in [6.45, 7) is 0. The van der Waals surface area contributed by atoms with Gasteiger partial charge < -0.3 is 0 Å². The minimum absolute atomic E-state index is 0.684. The molecular weight excluding hydrogens is 178 g/mol. The SMILES string of the molecule is C#Cc1cccc(-c2ccsc2)n1. The van der Waals surface area contributed by atoms with Gasteiger partial charge in [0.15, 0.2) is 0 Å². The highest BCUT2D eigenvalue weighted by molar-refractivity contribution is 7.08. The molecule has 2 heterocycles. The van der Waals surface area contributed by atoms with Gasteiger partial charge in [-0.1, -0.05) is 12.0 Å². The monoisotopic (exact) mass is 185 g/mol. The van der Waals surface area contributed by atoms with Crippen LogP contribution in [0, 0.1) is 12.3 Å². The first kappa shape index (κ1) is 8.03. The number of hydrogen-bond acceptors (Lipinski definition) is 2. The molecule has 2 aromatic heterocycles. The highest BCUT2D eigenvalue weighted by Gasteiger charge is 1.98. The third-order valence-corrected chi connectivity index (χ3v) is 2.40.